The Labute approximate surface area is 105 Å². The molecule has 1 aromatic carbocycles. The molecule has 18 heavy (non-hydrogen) atoms. The van der Waals surface area contributed by atoms with Gasteiger partial charge in [0.15, 0.2) is 5.75 Å². The summed E-state index contributed by atoms with van der Waals surface area (Å²) in [6, 6.07) is 4.70. The van der Waals surface area contributed by atoms with Crippen molar-refractivity contribution in [2.45, 2.75) is 19.9 Å². The van der Waals surface area contributed by atoms with E-state index in [1.165, 1.54) is 10.7 Å². The van der Waals surface area contributed by atoms with Crippen molar-refractivity contribution in [1.29, 1.82) is 0 Å². The van der Waals surface area contributed by atoms with E-state index < -0.39 is 0 Å². The minimum absolute atomic E-state index is 0.190. The first-order chi connectivity index (χ1) is 8.61. The molecule has 0 saturated carbocycles. The molecule has 1 aromatic heterocycles. The third-order valence-electron chi connectivity index (χ3n) is 2.61. The standard InChI is InChI=1S/C13H16FN3O/c1-3-18-11-7-16-17(8-11)13-5-4-10(9(2)15)6-12(13)14/h4-9H,3,15H2,1-2H3. The Morgan fingerprint density at radius 1 is 1.50 bits per heavy atom. The minimum atomic E-state index is -0.351. The highest BCUT2D eigenvalue weighted by Crippen LogP contribution is 2.20. The molecule has 0 spiro atoms. The number of rotatable bonds is 4. The number of hydrogen-bond acceptors (Lipinski definition) is 3. The predicted molar refractivity (Wildman–Crippen MR) is 67.3 cm³/mol. The number of benzene rings is 1. The maximum absolute atomic E-state index is 13.9. The Bertz CT molecular complexity index is 537. The number of nitrogens with two attached hydrogens (primary N) is 1. The van der Waals surface area contributed by atoms with Crippen molar-refractivity contribution in [3.63, 3.8) is 0 Å². The van der Waals surface area contributed by atoms with E-state index in [9.17, 15) is 4.39 Å². The number of hydrogen-bond donors (Lipinski definition) is 1. The van der Waals surface area contributed by atoms with Crippen LogP contribution in [-0.4, -0.2) is 16.4 Å². The zero-order valence-electron chi connectivity index (χ0n) is 10.4. The molecule has 0 saturated heterocycles. The van der Waals surface area contributed by atoms with E-state index in [0.29, 0.717) is 18.0 Å². The van der Waals surface area contributed by atoms with Gasteiger partial charge in [-0.25, -0.2) is 9.07 Å². The van der Waals surface area contributed by atoms with E-state index in [-0.39, 0.29) is 11.9 Å². The van der Waals surface area contributed by atoms with E-state index in [1.54, 1.807) is 24.5 Å². The van der Waals surface area contributed by atoms with Crippen LogP contribution in [0.5, 0.6) is 5.75 Å². The van der Waals surface area contributed by atoms with Crippen molar-refractivity contribution in [3.05, 3.63) is 42.0 Å². The van der Waals surface area contributed by atoms with Crippen LogP contribution in [0.3, 0.4) is 0 Å². The molecule has 2 rings (SSSR count). The van der Waals surface area contributed by atoms with Crippen LogP contribution in [0.4, 0.5) is 4.39 Å². The van der Waals surface area contributed by atoms with E-state index in [2.05, 4.69) is 5.10 Å². The minimum Gasteiger partial charge on any atom is -0.491 e. The van der Waals surface area contributed by atoms with Crippen molar-refractivity contribution in [3.8, 4) is 11.4 Å². The van der Waals surface area contributed by atoms with Gasteiger partial charge in [0.2, 0.25) is 0 Å². The van der Waals surface area contributed by atoms with E-state index in [4.69, 9.17) is 10.5 Å². The molecule has 1 unspecified atom stereocenters. The van der Waals surface area contributed by atoms with Gasteiger partial charge in [-0.1, -0.05) is 6.07 Å². The second kappa shape index (κ2) is 5.18. The maximum Gasteiger partial charge on any atom is 0.157 e. The summed E-state index contributed by atoms with van der Waals surface area (Å²) >= 11 is 0. The molecule has 0 aliphatic rings. The van der Waals surface area contributed by atoms with Crippen molar-refractivity contribution in [2.24, 2.45) is 5.73 Å². The largest absolute Gasteiger partial charge is 0.491 e. The molecule has 0 amide bonds. The van der Waals surface area contributed by atoms with Gasteiger partial charge in [-0.05, 0) is 31.5 Å². The summed E-state index contributed by atoms with van der Waals surface area (Å²) in [6.07, 6.45) is 3.20. The van der Waals surface area contributed by atoms with Gasteiger partial charge >= 0.3 is 0 Å². The highest BCUT2D eigenvalue weighted by atomic mass is 19.1. The Morgan fingerprint density at radius 3 is 2.89 bits per heavy atom. The lowest BCUT2D eigenvalue weighted by Crippen LogP contribution is -2.06. The van der Waals surface area contributed by atoms with Crippen LogP contribution >= 0.6 is 0 Å². The fraction of sp³-hybridized carbons (Fsp3) is 0.308. The van der Waals surface area contributed by atoms with Crippen molar-refractivity contribution >= 4 is 0 Å². The molecule has 2 N–H and O–H groups in total. The summed E-state index contributed by atoms with van der Waals surface area (Å²) in [7, 11) is 0. The summed E-state index contributed by atoms with van der Waals surface area (Å²) in [6.45, 7) is 4.25. The molecule has 5 heteroatoms. The van der Waals surface area contributed by atoms with Crippen LogP contribution in [0.1, 0.15) is 25.5 Å². The van der Waals surface area contributed by atoms with Gasteiger partial charge in [-0.2, -0.15) is 5.10 Å². The zero-order valence-corrected chi connectivity index (χ0v) is 10.4. The van der Waals surface area contributed by atoms with Crippen molar-refractivity contribution in [2.75, 3.05) is 6.61 Å². The van der Waals surface area contributed by atoms with Gasteiger partial charge in [0.1, 0.15) is 11.5 Å². The lowest BCUT2D eigenvalue weighted by molar-refractivity contribution is 0.340. The Balaban J connectivity index is 2.32. The topological polar surface area (TPSA) is 53.1 Å². The zero-order chi connectivity index (χ0) is 13.1. The quantitative estimate of drug-likeness (QED) is 0.905. The van der Waals surface area contributed by atoms with Crippen molar-refractivity contribution in [1.82, 2.24) is 9.78 Å². The fourth-order valence-corrected chi connectivity index (χ4v) is 1.67. The molecular weight excluding hydrogens is 233 g/mol. The molecule has 1 heterocycles. The number of nitrogens with zero attached hydrogens (tertiary/aromatic N) is 2. The Hall–Kier alpha value is -1.88. The lowest BCUT2D eigenvalue weighted by Gasteiger charge is -2.08. The maximum atomic E-state index is 13.9. The van der Waals surface area contributed by atoms with Crippen molar-refractivity contribution < 1.29 is 9.13 Å². The van der Waals surface area contributed by atoms with Gasteiger partial charge < -0.3 is 10.5 Å². The molecule has 0 fully saturated rings. The third-order valence-corrected chi connectivity index (χ3v) is 2.61. The monoisotopic (exact) mass is 249 g/mol. The highest BCUT2D eigenvalue weighted by molar-refractivity contribution is 5.37. The number of aromatic nitrogens is 2. The van der Waals surface area contributed by atoms with Crippen LogP contribution in [0.25, 0.3) is 5.69 Å². The second-order valence-corrected chi connectivity index (χ2v) is 4.05. The van der Waals surface area contributed by atoms with Gasteiger partial charge in [-0.3, -0.25) is 0 Å². The highest BCUT2D eigenvalue weighted by Gasteiger charge is 2.09. The van der Waals surface area contributed by atoms with E-state index in [1.807, 2.05) is 13.8 Å². The fourth-order valence-electron chi connectivity index (χ4n) is 1.67. The average molecular weight is 249 g/mol. The molecule has 2 aromatic rings. The summed E-state index contributed by atoms with van der Waals surface area (Å²) < 4.78 is 20.7. The van der Waals surface area contributed by atoms with Gasteiger partial charge in [-0.15, -0.1) is 0 Å². The smallest absolute Gasteiger partial charge is 0.157 e. The molecule has 0 bridgehead atoms. The lowest BCUT2D eigenvalue weighted by atomic mass is 10.1. The number of ether oxygens (including phenoxy) is 1. The second-order valence-electron chi connectivity index (χ2n) is 4.05. The third kappa shape index (κ3) is 2.51. The SMILES string of the molecule is CCOc1cnn(-c2ccc(C(C)N)cc2F)c1. The molecule has 4 nitrogen and oxygen atoms in total. The summed E-state index contributed by atoms with van der Waals surface area (Å²) in [5.41, 5.74) is 6.84. The van der Waals surface area contributed by atoms with Crippen LogP contribution in [-0.2, 0) is 0 Å². The first kappa shape index (κ1) is 12.6. The van der Waals surface area contributed by atoms with Crippen LogP contribution in [0, 0.1) is 5.82 Å². The Kier molecular flexibility index (Phi) is 3.62. The summed E-state index contributed by atoms with van der Waals surface area (Å²) in [5.74, 6) is 0.268. The van der Waals surface area contributed by atoms with Crippen LogP contribution in [0.15, 0.2) is 30.6 Å². The predicted octanol–water partition coefficient (Wildman–Crippen LogP) is 2.43. The van der Waals surface area contributed by atoms with Gasteiger partial charge in [0.25, 0.3) is 0 Å². The molecule has 0 aliphatic carbocycles. The molecular formula is C13H16FN3O. The van der Waals surface area contributed by atoms with E-state index >= 15 is 0 Å². The number of halogens is 1. The molecule has 0 radical (unpaired) electrons. The van der Waals surface area contributed by atoms with Gasteiger partial charge in [0, 0.05) is 6.04 Å². The first-order valence-corrected chi connectivity index (χ1v) is 5.84. The van der Waals surface area contributed by atoms with Crippen LogP contribution in [0.2, 0.25) is 0 Å². The molecule has 0 aliphatic heterocycles. The van der Waals surface area contributed by atoms with Crippen LogP contribution < -0.4 is 10.5 Å². The Morgan fingerprint density at radius 2 is 2.28 bits per heavy atom. The average Bonchev–Trinajstić information content (AvgIpc) is 2.77. The van der Waals surface area contributed by atoms with E-state index in [0.717, 1.165) is 5.56 Å². The van der Waals surface area contributed by atoms with Gasteiger partial charge in [0.05, 0.1) is 19.0 Å². The molecule has 1 atom stereocenters. The first-order valence-electron chi connectivity index (χ1n) is 5.84. The summed E-state index contributed by atoms with van der Waals surface area (Å²) in [5, 5.41) is 4.06. The summed E-state index contributed by atoms with van der Waals surface area (Å²) in [4.78, 5) is 0. The normalized spacial score (nSPS) is 12.4. The molecule has 96 valence electrons.